The molecule has 6 heteroatoms. The van der Waals surface area contributed by atoms with Gasteiger partial charge in [0.1, 0.15) is 11.5 Å². The number of hydrogen-bond donors (Lipinski definition) is 5. The van der Waals surface area contributed by atoms with E-state index in [0.29, 0.717) is 22.3 Å². The molecule has 0 radical (unpaired) electrons. The first-order chi connectivity index (χ1) is 11.5. The molecule has 0 aliphatic carbocycles. The van der Waals surface area contributed by atoms with Gasteiger partial charge in [-0.05, 0) is 47.0 Å². The first kappa shape index (κ1) is 17.3. The Kier molecular flexibility index (Phi) is 5.73. The van der Waals surface area contributed by atoms with Crippen molar-refractivity contribution in [1.29, 1.82) is 0 Å². The van der Waals surface area contributed by atoms with Crippen LogP contribution in [0.15, 0.2) is 48.6 Å². The molecule has 5 N–H and O–H groups in total. The molecule has 24 heavy (non-hydrogen) atoms. The summed E-state index contributed by atoms with van der Waals surface area (Å²) in [6.07, 6.45) is 5.84. The number of nitrogens with one attached hydrogen (secondary N) is 1. The largest absolute Gasteiger partial charge is 0.508 e. The van der Waals surface area contributed by atoms with Crippen molar-refractivity contribution in [2.75, 3.05) is 6.61 Å². The number of rotatable bonds is 5. The van der Waals surface area contributed by atoms with Crippen LogP contribution in [0.3, 0.4) is 0 Å². The lowest BCUT2D eigenvalue weighted by molar-refractivity contribution is -0.124. The van der Waals surface area contributed by atoms with Crippen LogP contribution in [0.5, 0.6) is 11.5 Å². The lowest BCUT2D eigenvalue weighted by Gasteiger charge is -2.10. The van der Waals surface area contributed by atoms with Crippen LogP contribution in [0.4, 0.5) is 0 Å². The third kappa shape index (κ3) is 4.22. The SMILES string of the molecule is O=C(C=Cc1ccc(O)c(-c2cc(O)ccc2C=CCO)c1)NO. The van der Waals surface area contributed by atoms with E-state index in [9.17, 15) is 15.0 Å². The number of carbonyl (C=O) groups is 1. The molecule has 124 valence electrons. The number of carbonyl (C=O) groups excluding carboxylic acids is 1. The monoisotopic (exact) mass is 327 g/mol. The van der Waals surface area contributed by atoms with Gasteiger partial charge in [0.05, 0.1) is 6.61 Å². The molecule has 2 aromatic carbocycles. The Morgan fingerprint density at radius 1 is 1.04 bits per heavy atom. The van der Waals surface area contributed by atoms with Crippen molar-refractivity contribution in [3.05, 3.63) is 59.7 Å². The van der Waals surface area contributed by atoms with Crippen LogP contribution in [-0.2, 0) is 4.79 Å². The van der Waals surface area contributed by atoms with Gasteiger partial charge in [-0.1, -0.05) is 24.3 Å². The molecule has 0 heterocycles. The van der Waals surface area contributed by atoms with E-state index in [-0.39, 0.29) is 18.1 Å². The fraction of sp³-hybridized carbons (Fsp3) is 0.0556. The summed E-state index contributed by atoms with van der Waals surface area (Å²) in [4.78, 5) is 11.1. The van der Waals surface area contributed by atoms with E-state index < -0.39 is 5.91 Å². The first-order valence-corrected chi connectivity index (χ1v) is 7.11. The van der Waals surface area contributed by atoms with E-state index >= 15 is 0 Å². The molecule has 0 atom stereocenters. The van der Waals surface area contributed by atoms with Crippen LogP contribution < -0.4 is 5.48 Å². The highest BCUT2D eigenvalue weighted by molar-refractivity contribution is 5.91. The van der Waals surface area contributed by atoms with Crippen molar-refractivity contribution in [1.82, 2.24) is 5.48 Å². The summed E-state index contributed by atoms with van der Waals surface area (Å²) in [5.74, 6) is -0.636. The molecule has 0 aliphatic rings. The van der Waals surface area contributed by atoms with E-state index in [0.717, 1.165) is 6.08 Å². The summed E-state index contributed by atoms with van der Waals surface area (Å²) in [7, 11) is 0. The van der Waals surface area contributed by atoms with Crippen molar-refractivity contribution < 1.29 is 25.3 Å². The van der Waals surface area contributed by atoms with Crippen molar-refractivity contribution in [3.63, 3.8) is 0 Å². The average molecular weight is 327 g/mol. The first-order valence-electron chi connectivity index (χ1n) is 7.11. The number of phenolic OH excluding ortho intramolecular Hbond substituents is 2. The van der Waals surface area contributed by atoms with Crippen LogP contribution >= 0.6 is 0 Å². The zero-order chi connectivity index (χ0) is 17.5. The van der Waals surface area contributed by atoms with Gasteiger partial charge in [-0.3, -0.25) is 10.0 Å². The molecule has 6 nitrogen and oxygen atoms in total. The van der Waals surface area contributed by atoms with Crippen molar-refractivity contribution in [2.45, 2.75) is 0 Å². The molecular formula is C18H17NO5. The summed E-state index contributed by atoms with van der Waals surface area (Å²) in [5.41, 5.74) is 3.83. The van der Waals surface area contributed by atoms with E-state index in [2.05, 4.69) is 0 Å². The van der Waals surface area contributed by atoms with Crippen LogP contribution in [0, 0.1) is 0 Å². The lowest BCUT2D eigenvalue weighted by Crippen LogP contribution is -2.14. The van der Waals surface area contributed by atoms with Gasteiger partial charge in [-0.2, -0.15) is 0 Å². The number of hydrogen-bond acceptors (Lipinski definition) is 5. The predicted octanol–water partition coefficient (Wildman–Crippen LogP) is 2.29. The van der Waals surface area contributed by atoms with Crippen LogP contribution in [0.1, 0.15) is 11.1 Å². The molecule has 0 aliphatic heterocycles. The van der Waals surface area contributed by atoms with E-state index in [4.69, 9.17) is 10.3 Å². The highest BCUT2D eigenvalue weighted by atomic mass is 16.5. The summed E-state index contributed by atoms with van der Waals surface area (Å²) >= 11 is 0. The quantitative estimate of drug-likeness (QED) is 0.329. The van der Waals surface area contributed by atoms with Crippen molar-refractivity contribution in [3.8, 4) is 22.6 Å². The molecule has 0 fully saturated rings. The van der Waals surface area contributed by atoms with E-state index in [1.54, 1.807) is 30.4 Å². The number of aliphatic hydroxyl groups excluding tert-OH is 1. The molecule has 0 aromatic heterocycles. The summed E-state index contributed by atoms with van der Waals surface area (Å²) < 4.78 is 0. The topological polar surface area (TPSA) is 110 Å². The normalized spacial score (nSPS) is 11.2. The fourth-order valence-corrected chi connectivity index (χ4v) is 2.18. The number of aromatic hydroxyl groups is 2. The summed E-state index contributed by atoms with van der Waals surface area (Å²) in [6.45, 7) is -0.134. The molecule has 2 aromatic rings. The Balaban J connectivity index is 2.52. The molecule has 0 spiro atoms. The van der Waals surface area contributed by atoms with E-state index in [1.807, 2.05) is 0 Å². The second kappa shape index (κ2) is 7.96. The number of hydroxylamine groups is 1. The van der Waals surface area contributed by atoms with E-state index in [1.165, 1.54) is 29.8 Å². The van der Waals surface area contributed by atoms with Crippen LogP contribution in [0.2, 0.25) is 0 Å². The van der Waals surface area contributed by atoms with Crippen LogP contribution in [-0.4, -0.2) is 33.0 Å². The summed E-state index contributed by atoms with van der Waals surface area (Å²) in [5, 5.41) is 37.3. The third-order valence-electron chi connectivity index (χ3n) is 3.29. The van der Waals surface area contributed by atoms with Gasteiger partial charge in [0.2, 0.25) is 0 Å². The van der Waals surface area contributed by atoms with Crippen molar-refractivity contribution in [2.24, 2.45) is 0 Å². The van der Waals surface area contributed by atoms with Crippen LogP contribution in [0.25, 0.3) is 23.3 Å². The van der Waals surface area contributed by atoms with Crippen molar-refractivity contribution >= 4 is 18.1 Å². The van der Waals surface area contributed by atoms with Gasteiger partial charge in [-0.25, -0.2) is 5.48 Å². The minimum absolute atomic E-state index is 0.00279. The number of phenols is 2. The Bertz CT molecular complexity index is 796. The lowest BCUT2D eigenvalue weighted by atomic mass is 9.96. The average Bonchev–Trinajstić information content (AvgIpc) is 2.59. The number of amides is 1. The Labute approximate surface area is 138 Å². The van der Waals surface area contributed by atoms with Gasteiger partial charge in [0.15, 0.2) is 0 Å². The fourth-order valence-electron chi connectivity index (χ4n) is 2.18. The molecule has 0 bridgehead atoms. The predicted molar refractivity (Wildman–Crippen MR) is 90.3 cm³/mol. The van der Waals surface area contributed by atoms with Gasteiger partial charge < -0.3 is 15.3 Å². The highest BCUT2D eigenvalue weighted by Gasteiger charge is 2.10. The zero-order valence-corrected chi connectivity index (χ0v) is 12.7. The second-order valence-electron chi connectivity index (χ2n) is 4.94. The van der Waals surface area contributed by atoms with Gasteiger partial charge in [0.25, 0.3) is 5.91 Å². The maximum absolute atomic E-state index is 11.1. The molecule has 0 saturated carbocycles. The number of benzene rings is 2. The molecule has 1 amide bonds. The third-order valence-corrected chi connectivity index (χ3v) is 3.29. The van der Waals surface area contributed by atoms with Gasteiger partial charge in [0, 0.05) is 11.6 Å². The zero-order valence-electron chi connectivity index (χ0n) is 12.7. The molecule has 0 saturated heterocycles. The number of aliphatic hydroxyl groups is 1. The Hall–Kier alpha value is -3.09. The maximum Gasteiger partial charge on any atom is 0.267 e. The Morgan fingerprint density at radius 3 is 2.54 bits per heavy atom. The Morgan fingerprint density at radius 2 is 1.83 bits per heavy atom. The minimum Gasteiger partial charge on any atom is -0.508 e. The molecule has 0 unspecified atom stereocenters. The summed E-state index contributed by atoms with van der Waals surface area (Å²) in [6, 6.07) is 9.38. The van der Waals surface area contributed by atoms with Gasteiger partial charge in [-0.15, -0.1) is 0 Å². The standard InChI is InChI=1S/C18H17NO5/c20-9-1-2-13-5-6-14(21)11-15(13)16-10-12(3-7-17(16)22)4-8-18(23)19-24/h1-8,10-11,20-22,24H,9H2,(H,19,23). The molecule has 2 rings (SSSR count). The smallest absolute Gasteiger partial charge is 0.267 e. The highest BCUT2D eigenvalue weighted by Crippen LogP contribution is 2.35. The minimum atomic E-state index is -0.673. The molecular weight excluding hydrogens is 310 g/mol. The van der Waals surface area contributed by atoms with Gasteiger partial charge >= 0.3 is 0 Å². The second-order valence-corrected chi connectivity index (χ2v) is 4.94. The maximum atomic E-state index is 11.1.